The van der Waals surface area contributed by atoms with Crippen LogP contribution in [-0.4, -0.2) is 65.5 Å². The van der Waals surface area contributed by atoms with E-state index in [1.54, 1.807) is 88.4 Å². The standard InChI is InChI=1S/C10H22O2.C9H20O2.2C7H6O2/c1-5-7-10(12,8-6-2)9(3,4)11;1-5-7(6-2)8(10)9(3,4)11;2*8-7(9)6-4-2-1-3-5-6/h11-12H,5-8H2,1-4H3;7-8,10-11H,5-6H2,1-4H3;2*1-5H,(H,8,9). The van der Waals surface area contributed by atoms with Gasteiger partial charge in [0.25, 0.3) is 0 Å². The summed E-state index contributed by atoms with van der Waals surface area (Å²) in [7, 11) is 0. The molecule has 0 amide bonds. The number of aliphatic hydroxyl groups is 4. The van der Waals surface area contributed by atoms with Gasteiger partial charge in [-0.05, 0) is 70.7 Å². The third-order valence-corrected chi connectivity index (χ3v) is 6.73. The van der Waals surface area contributed by atoms with E-state index < -0.39 is 34.8 Å². The fraction of sp³-hybridized carbons (Fsp3) is 0.576. The molecule has 8 nitrogen and oxygen atoms in total. The van der Waals surface area contributed by atoms with Gasteiger partial charge in [0.15, 0.2) is 0 Å². The lowest BCUT2D eigenvalue weighted by Gasteiger charge is -2.38. The Hall–Kier alpha value is -2.78. The number of carbonyl (C=O) groups is 2. The van der Waals surface area contributed by atoms with Gasteiger partial charge in [-0.3, -0.25) is 0 Å². The molecular weight excluding hydrogens is 524 g/mol. The number of aromatic carboxylic acids is 2. The van der Waals surface area contributed by atoms with Crippen LogP contribution < -0.4 is 0 Å². The molecule has 2 rings (SSSR count). The summed E-state index contributed by atoms with van der Waals surface area (Å²) in [5.74, 6) is -1.54. The number of rotatable bonds is 11. The Bertz CT molecular complexity index is 887. The zero-order valence-electron chi connectivity index (χ0n) is 26.2. The fourth-order valence-electron chi connectivity index (χ4n) is 4.04. The molecule has 0 radical (unpaired) electrons. The highest BCUT2D eigenvalue weighted by Gasteiger charge is 2.40. The van der Waals surface area contributed by atoms with Crippen molar-refractivity contribution < 1.29 is 40.2 Å². The van der Waals surface area contributed by atoms with Gasteiger partial charge in [0.2, 0.25) is 0 Å². The summed E-state index contributed by atoms with van der Waals surface area (Å²) < 4.78 is 0. The van der Waals surface area contributed by atoms with Crippen LogP contribution in [-0.2, 0) is 0 Å². The van der Waals surface area contributed by atoms with Crippen molar-refractivity contribution in [3.05, 3.63) is 71.8 Å². The molecule has 1 unspecified atom stereocenters. The Balaban J connectivity index is 0. The number of carboxylic acids is 2. The Morgan fingerprint density at radius 2 is 0.976 bits per heavy atom. The van der Waals surface area contributed by atoms with Crippen LogP contribution >= 0.6 is 0 Å². The summed E-state index contributed by atoms with van der Waals surface area (Å²) in [5, 5.41) is 55.7. The maximum Gasteiger partial charge on any atom is 0.335 e. The van der Waals surface area contributed by atoms with Gasteiger partial charge >= 0.3 is 11.9 Å². The molecule has 6 N–H and O–H groups in total. The minimum absolute atomic E-state index is 0.218. The van der Waals surface area contributed by atoms with E-state index in [2.05, 4.69) is 0 Å². The Kier molecular flexibility index (Phi) is 19.8. The van der Waals surface area contributed by atoms with Crippen LogP contribution in [0.15, 0.2) is 60.7 Å². The van der Waals surface area contributed by atoms with Crippen molar-refractivity contribution in [2.24, 2.45) is 5.92 Å². The van der Waals surface area contributed by atoms with Crippen LogP contribution in [0.1, 0.15) is 115 Å². The first-order chi connectivity index (χ1) is 18.9. The first-order valence-electron chi connectivity index (χ1n) is 14.3. The van der Waals surface area contributed by atoms with Crippen LogP contribution in [0.25, 0.3) is 0 Å². The highest BCUT2D eigenvalue weighted by Crippen LogP contribution is 2.31. The number of carboxylic acid groups (broad SMARTS) is 2. The lowest BCUT2D eigenvalue weighted by atomic mass is 9.79. The van der Waals surface area contributed by atoms with Gasteiger partial charge in [0, 0.05) is 0 Å². The molecule has 234 valence electrons. The van der Waals surface area contributed by atoms with Crippen molar-refractivity contribution in [2.75, 3.05) is 0 Å². The van der Waals surface area contributed by atoms with E-state index in [0.29, 0.717) is 24.0 Å². The van der Waals surface area contributed by atoms with E-state index in [-0.39, 0.29) is 5.92 Å². The quantitative estimate of drug-likeness (QED) is 0.179. The molecule has 0 aliphatic rings. The first kappa shape index (κ1) is 40.4. The molecule has 0 spiro atoms. The number of benzene rings is 2. The zero-order valence-corrected chi connectivity index (χ0v) is 26.2. The zero-order chi connectivity index (χ0) is 32.3. The average molecular weight is 579 g/mol. The Morgan fingerprint density at radius 1 is 0.659 bits per heavy atom. The molecule has 0 saturated carbocycles. The maximum absolute atomic E-state index is 10.2. The van der Waals surface area contributed by atoms with Gasteiger partial charge < -0.3 is 30.6 Å². The second-order valence-electron chi connectivity index (χ2n) is 11.1. The van der Waals surface area contributed by atoms with Gasteiger partial charge in [-0.1, -0.05) is 89.8 Å². The van der Waals surface area contributed by atoms with Crippen molar-refractivity contribution in [1.29, 1.82) is 0 Å². The lowest BCUT2D eigenvalue weighted by Crippen LogP contribution is -2.49. The van der Waals surface area contributed by atoms with Crippen LogP contribution in [0.3, 0.4) is 0 Å². The van der Waals surface area contributed by atoms with E-state index in [1.807, 2.05) is 27.7 Å². The lowest BCUT2D eigenvalue weighted by molar-refractivity contribution is -0.140. The monoisotopic (exact) mass is 578 g/mol. The topological polar surface area (TPSA) is 156 Å². The summed E-state index contributed by atoms with van der Waals surface area (Å²) in [6.07, 6.45) is 4.39. The number of aliphatic hydroxyl groups excluding tert-OH is 1. The van der Waals surface area contributed by atoms with Crippen molar-refractivity contribution in [1.82, 2.24) is 0 Å². The van der Waals surface area contributed by atoms with Crippen molar-refractivity contribution in [3.63, 3.8) is 0 Å². The predicted molar refractivity (Wildman–Crippen MR) is 164 cm³/mol. The molecule has 0 aliphatic carbocycles. The summed E-state index contributed by atoms with van der Waals surface area (Å²) in [6, 6.07) is 16.6. The van der Waals surface area contributed by atoms with Crippen molar-refractivity contribution in [3.8, 4) is 0 Å². The molecule has 0 bridgehead atoms. The van der Waals surface area contributed by atoms with E-state index in [9.17, 15) is 30.0 Å². The summed E-state index contributed by atoms with van der Waals surface area (Å²) in [4.78, 5) is 20.4. The van der Waals surface area contributed by atoms with Crippen LogP contribution in [0, 0.1) is 5.92 Å². The third-order valence-electron chi connectivity index (χ3n) is 6.73. The fourth-order valence-corrected chi connectivity index (χ4v) is 4.04. The van der Waals surface area contributed by atoms with Gasteiger partial charge in [-0.2, -0.15) is 0 Å². The maximum atomic E-state index is 10.2. The molecule has 0 aromatic heterocycles. The van der Waals surface area contributed by atoms with Gasteiger partial charge in [0.05, 0.1) is 34.0 Å². The van der Waals surface area contributed by atoms with E-state index in [4.69, 9.17) is 10.2 Å². The molecule has 2 aromatic rings. The van der Waals surface area contributed by atoms with Crippen LogP contribution in [0.2, 0.25) is 0 Å². The smallest absolute Gasteiger partial charge is 0.335 e. The molecule has 0 aliphatic heterocycles. The molecule has 0 heterocycles. The minimum atomic E-state index is -0.987. The average Bonchev–Trinajstić information content (AvgIpc) is 2.90. The highest BCUT2D eigenvalue weighted by atomic mass is 16.4. The minimum Gasteiger partial charge on any atom is -0.478 e. The molecule has 1 atom stereocenters. The summed E-state index contributed by atoms with van der Waals surface area (Å²) in [5.41, 5.74) is -2.19. The Morgan fingerprint density at radius 3 is 1.12 bits per heavy atom. The largest absolute Gasteiger partial charge is 0.478 e. The molecule has 8 heteroatoms. The number of hydrogen-bond donors (Lipinski definition) is 6. The number of hydrogen-bond acceptors (Lipinski definition) is 6. The van der Waals surface area contributed by atoms with Crippen molar-refractivity contribution >= 4 is 11.9 Å². The van der Waals surface area contributed by atoms with Crippen LogP contribution in [0.4, 0.5) is 0 Å². The van der Waals surface area contributed by atoms with E-state index in [0.717, 1.165) is 25.7 Å². The molecule has 0 fully saturated rings. The third kappa shape index (κ3) is 16.9. The second-order valence-corrected chi connectivity index (χ2v) is 11.1. The predicted octanol–water partition coefficient (Wildman–Crippen LogP) is 6.41. The van der Waals surface area contributed by atoms with E-state index in [1.165, 1.54) is 0 Å². The van der Waals surface area contributed by atoms with Crippen molar-refractivity contribution in [2.45, 2.75) is 117 Å². The van der Waals surface area contributed by atoms with Gasteiger partial charge in [0.1, 0.15) is 0 Å². The Labute approximate surface area is 246 Å². The highest BCUT2D eigenvalue weighted by molar-refractivity contribution is 5.87. The summed E-state index contributed by atoms with van der Waals surface area (Å²) >= 11 is 0. The summed E-state index contributed by atoms with van der Waals surface area (Å²) in [6.45, 7) is 14.8. The van der Waals surface area contributed by atoms with E-state index >= 15 is 0 Å². The second kappa shape index (κ2) is 20.2. The molecule has 0 saturated heterocycles. The first-order valence-corrected chi connectivity index (χ1v) is 14.3. The van der Waals surface area contributed by atoms with Crippen LogP contribution in [0.5, 0.6) is 0 Å². The normalized spacial score (nSPS) is 12.0. The molecular formula is C33H54O8. The van der Waals surface area contributed by atoms with Gasteiger partial charge in [-0.25, -0.2) is 9.59 Å². The molecule has 2 aromatic carbocycles. The SMILES string of the molecule is CCC(CC)C(O)C(C)(C)O.CCCC(O)(CCC)C(C)(C)O.O=C(O)c1ccccc1.O=C(O)c1ccccc1. The molecule has 41 heavy (non-hydrogen) atoms. The van der Waals surface area contributed by atoms with Gasteiger partial charge in [-0.15, -0.1) is 0 Å².